The molecular formula is C14H14O. The molecule has 0 bridgehead atoms. The van der Waals surface area contributed by atoms with Crippen LogP contribution in [0.4, 0.5) is 0 Å². The van der Waals surface area contributed by atoms with Crippen molar-refractivity contribution in [1.29, 1.82) is 0 Å². The van der Waals surface area contributed by atoms with Gasteiger partial charge in [0.15, 0.2) is 0 Å². The Bertz CT molecular complexity index is 502. The Morgan fingerprint density at radius 3 is 2.87 bits per heavy atom. The van der Waals surface area contributed by atoms with Crippen LogP contribution in [0.1, 0.15) is 17.5 Å². The first-order valence-electron chi connectivity index (χ1n) is 5.52. The van der Waals surface area contributed by atoms with Crippen molar-refractivity contribution in [2.24, 2.45) is 0 Å². The van der Waals surface area contributed by atoms with Crippen LogP contribution >= 0.6 is 0 Å². The number of rotatable bonds is 0. The van der Waals surface area contributed by atoms with Crippen LogP contribution in [0.5, 0.6) is 0 Å². The van der Waals surface area contributed by atoms with Gasteiger partial charge in [-0.3, -0.25) is 0 Å². The monoisotopic (exact) mass is 198 g/mol. The third kappa shape index (κ3) is 1.44. The van der Waals surface area contributed by atoms with Gasteiger partial charge < -0.3 is 5.11 Å². The summed E-state index contributed by atoms with van der Waals surface area (Å²) in [5.74, 6) is 0. The largest absolute Gasteiger partial charge is 0.393 e. The minimum Gasteiger partial charge on any atom is -0.393 e. The van der Waals surface area contributed by atoms with E-state index in [1.807, 2.05) is 0 Å². The van der Waals surface area contributed by atoms with Crippen molar-refractivity contribution in [3.63, 3.8) is 0 Å². The second-order valence-electron chi connectivity index (χ2n) is 4.32. The van der Waals surface area contributed by atoms with E-state index < -0.39 is 0 Å². The second-order valence-corrected chi connectivity index (χ2v) is 4.32. The number of aliphatic hydroxyl groups is 1. The molecular weight excluding hydrogens is 184 g/mol. The van der Waals surface area contributed by atoms with Crippen LogP contribution in [0.25, 0.3) is 10.8 Å². The van der Waals surface area contributed by atoms with Gasteiger partial charge in [0.1, 0.15) is 0 Å². The van der Waals surface area contributed by atoms with E-state index in [-0.39, 0.29) is 6.10 Å². The van der Waals surface area contributed by atoms with Crippen molar-refractivity contribution >= 4 is 10.8 Å². The van der Waals surface area contributed by atoms with Crippen molar-refractivity contribution in [2.45, 2.75) is 25.4 Å². The highest BCUT2D eigenvalue weighted by Crippen LogP contribution is 2.28. The molecule has 76 valence electrons. The van der Waals surface area contributed by atoms with E-state index in [1.165, 1.54) is 21.9 Å². The lowest BCUT2D eigenvalue weighted by Gasteiger charge is -2.22. The maximum absolute atomic E-state index is 9.72. The van der Waals surface area contributed by atoms with Crippen LogP contribution in [-0.4, -0.2) is 11.2 Å². The van der Waals surface area contributed by atoms with Gasteiger partial charge in [-0.2, -0.15) is 0 Å². The Morgan fingerprint density at radius 1 is 1.07 bits per heavy atom. The second kappa shape index (κ2) is 3.35. The summed E-state index contributed by atoms with van der Waals surface area (Å²) in [5, 5.41) is 12.3. The maximum atomic E-state index is 9.72. The molecule has 0 amide bonds. The molecule has 3 rings (SSSR count). The highest BCUT2D eigenvalue weighted by atomic mass is 16.3. The summed E-state index contributed by atoms with van der Waals surface area (Å²) in [6, 6.07) is 12.8. The molecule has 0 fully saturated rings. The molecule has 2 aromatic rings. The molecule has 0 heterocycles. The standard InChI is InChI=1S/C14H14O/c15-12-8-7-11-6-5-10-3-1-2-4-13(10)14(11)9-12/h1-6,12,15H,7-9H2. The van der Waals surface area contributed by atoms with Gasteiger partial charge in [0.25, 0.3) is 0 Å². The van der Waals surface area contributed by atoms with Gasteiger partial charge in [0.05, 0.1) is 6.10 Å². The van der Waals surface area contributed by atoms with Crippen LogP contribution in [0.3, 0.4) is 0 Å². The van der Waals surface area contributed by atoms with E-state index in [4.69, 9.17) is 0 Å². The van der Waals surface area contributed by atoms with Gasteiger partial charge in [-0.25, -0.2) is 0 Å². The number of aliphatic hydroxyl groups excluding tert-OH is 1. The molecule has 1 unspecified atom stereocenters. The molecule has 1 N–H and O–H groups in total. The van der Waals surface area contributed by atoms with Crippen molar-refractivity contribution in [3.8, 4) is 0 Å². The Balaban J connectivity index is 2.28. The Morgan fingerprint density at radius 2 is 1.93 bits per heavy atom. The van der Waals surface area contributed by atoms with Crippen molar-refractivity contribution in [2.75, 3.05) is 0 Å². The van der Waals surface area contributed by atoms with Gasteiger partial charge >= 0.3 is 0 Å². The topological polar surface area (TPSA) is 20.2 Å². The van der Waals surface area contributed by atoms with E-state index in [2.05, 4.69) is 36.4 Å². The van der Waals surface area contributed by atoms with Crippen LogP contribution in [0.2, 0.25) is 0 Å². The summed E-state index contributed by atoms with van der Waals surface area (Å²) >= 11 is 0. The molecule has 0 aromatic heterocycles. The Kier molecular flexibility index (Phi) is 2.00. The molecule has 1 nitrogen and oxygen atoms in total. The summed E-state index contributed by atoms with van der Waals surface area (Å²) in [4.78, 5) is 0. The molecule has 1 atom stereocenters. The molecule has 1 heteroatoms. The molecule has 1 aliphatic carbocycles. The summed E-state index contributed by atoms with van der Waals surface area (Å²) in [6.45, 7) is 0. The number of fused-ring (bicyclic) bond motifs is 3. The number of hydrogen-bond donors (Lipinski definition) is 1. The smallest absolute Gasteiger partial charge is 0.0584 e. The van der Waals surface area contributed by atoms with Crippen molar-refractivity contribution in [1.82, 2.24) is 0 Å². The minimum absolute atomic E-state index is 0.150. The average Bonchev–Trinajstić information content (AvgIpc) is 2.29. The van der Waals surface area contributed by atoms with Gasteiger partial charge in [-0.1, -0.05) is 36.4 Å². The highest BCUT2D eigenvalue weighted by Gasteiger charge is 2.17. The van der Waals surface area contributed by atoms with Crippen LogP contribution in [0, 0.1) is 0 Å². The fourth-order valence-electron chi connectivity index (χ4n) is 2.52. The molecule has 0 radical (unpaired) electrons. The third-order valence-corrected chi connectivity index (χ3v) is 3.32. The quantitative estimate of drug-likeness (QED) is 0.690. The van der Waals surface area contributed by atoms with Crippen molar-refractivity contribution < 1.29 is 5.11 Å². The summed E-state index contributed by atoms with van der Waals surface area (Å²) in [7, 11) is 0. The van der Waals surface area contributed by atoms with Gasteiger partial charge in [-0.05, 0) is 41.2 Å². The molecule has 0 aliphatic heterocycles. The predicted octanol–water partition coefficient (Wildman–Crippen LogP) is 2.69. The zero-order chi connectivity index (χ0) is 10.3. The van der Waals surface area contributed by atoms with Crippen LogP contribution in [0.15, 0.2) is 36.4 Å². The first kappa shape index (κ1) is 8.93. The summed E-state index contributed by atoms with van der Waals surface area (Å²) in [5.41, 5.74) is 2.77. The molecule has 0 spiro atoms. The number of hydrogen-bond acceptors (Lipinski definition) is 1. The Hall–Kier alpha value is -1.34. The fourth-order valence-corrected chi connectivity index (χ4v) is 2.52. The van der Waals surface area contributed by atoms with E-state index in [9.17, 15) is 5.11 Å². The van der Waals surface area contributed by atoms with Crippen molar-refractivity contribution in [3.05, 3.63) is 47.5 Å². The first-order valence-corrected chi connectivity index (χ1v) is 5.52. The third-order valence-electron chi connectivity index (χ3n) is 3.32. The molecule has 0 saturated carbocycles. The fraction of sp³-hybridized carbons (Fsp3) is 0.286. The lowest BCUT2D eigenvalue weighted by molar-refractivity contribution is 0.159. The highest BCUT2D eigenvalue weighted by molar-refractivity contribution is 5.87. The normalized spacial score (nSPS) is 20.2. The van der Waals surface area contributed by atoms with Crippen LogP contribution in [-0.2, 0) is 12.8 Å². The lowest BCUT2D eigenvalue weighted by Crippen LogP contribution is -2.18. The SMILES string of the molecule is OC1CCc2ccc3ccccc3c2C1. The van der Waals surface area contributed by atoms with Gasteiger partial charge in [-0.15, -0.1) is 0 Å². The first-order chi connectivity index (χ1) is 7.34. The molecule has 2 aromatic carbocycles. The predicted molar refractivity (Wildman–Crippen MR) is 62.0 cm³/mol. The van der Waals surface area contributed by atoms with Gasteiger partial charge in [0.2, 0.25) is 0 Å². The van der Waals surface area contributed by atoms with Crippen LogP contribution < -0.4 is 0 Å². The molecule has 15 heavy (non-hydrogen) atoms. The average molecular weight is 198 g/mol. The summed E-state index contributed by atoms with van der Waals surface area (Å²) < 4.78 is 0. The van der Waals surface area contributed by atoms with E-state index in [0.29, 0.717) is 0 Å². The van der Waals surface area contributed by atoms with E-state index >= 15 is 0 Å². The lowest BCUT2D eigenvalue weighted by atomic mass is 9.86. The minimum atomic E-state index is -0.150. The molecule has 1 aliphatic rings. The zero-order valence-electron chi connectivity index (χ0n) is 8.61. The number of aryl methyl sites for hydroxylation is 1. The summed E-state index contributed by atoms with van der Waals surface area (Å²) in [6.07, 6.45) is 2.59. The van der Waals surface area contributed by atoms with Gasteiger partial charge in [0, 0.05) is 0 Å². The maximum Gasteiger partial charge on any atom is 0.0584 e. The Labute approximate surface area is 89.4 Å². The zero-order valence-corrected chi connectivity index (χ0v) is 8.61. The molecule has 0 saturated heterocycles. The number of benzene rings is 2. The van der Waals surface area contributed by atoms with E-state index in [1.54, 1.807) is 0 Å². The van der Waals surface area contributed by atoms with E-state index in [0.717, 1.165) is 19.3 Å².